The highest BCUT2D eigenvalue weighted by atomic mass is 35.5. The van der Waals surface area contributed by atoms with E-state index in [1.807, 2.05) is 6.07 Å². The van der Waals surface area contributed by atoms with E-state index in [4.69, 9.17) is 30.5 Å². The minimum Gasteiger partial charge on any atom is -0.493 e. The zero-order chi connectivity index (χ0) is 25.5. The van der Waals surface area contributed by atoms with Gasteiger partial charge in [0.2, 0.25) is 11.7 Å². The molecule has 1 aliphatic carbocycles. The predicted octanol–water partition coefficient (Wildman–Crippen LogP) is 4.04. The van der Waals surface area contributed by atoms with E-state index in [9.17, 15) is 14.4 Å². The summed E-state index contributed by atoms with van der Waals surface area (Å²) >= 11 is 5.74. The van der Waals surface area contributed by atoms with Crippen molar-refractivity contribution >= 4 is 23.5 Å². The highest BCUT2D eigenvalue weighted by Crippen LogP contribution is 2.50. The van der Waals surface area contributed by atoms with Gasteiger partial charge in [0.05, 0.1) is 34.5 Å². The first kappa shape index (κ1) is 26.3. The number of hydrogen-bond acceptors (Lipinski definition) is 7. The minimum atomic E-state index is -0.735. The molecule has 3 rings (SSSR count). The maximum Gasteiger partial charge on any atom is 0.341 e. The Morgan fingerprint density at radius 1 is 1.03 bits per heavy atom. The molecular weight excluding hydrogens is 474 g/mol. The van der Waals surface area contributed by atoms with Crippen LogP contribution in [0.1, 0.15) is 53.2 Å². The zero-order valence-electron chi connectivity index (χ0n) is 20.4. The fourth-order valence-electron chi connectivity index (χ4n) is 4.39. The van der Waals surface area contributed by atoms with Gasteiger partial charge in [0, 0.05) is 17.9 Å². The molecule has 0 radical (unpaired) electrons. The SMILES string of the molecule is COC(=O)c1ccc2c(cc1=O)[C@@H](NC(=O)CCCCCl)CCc1cc(OC)c(OC)c(OC)c1-2. The highest BCUT2D eigenvalue weighted by Gasteiger charge is 2.30. The second-order valence-corrected chi connectivity index (χ2v) is 8.48. The molecule has 2 aromatic carbocycles. The number of alkyl halides is 1. The van der Waals surface area contributed by atoms with Crippen LogP contribution >= 0.6 is 11.6 Å². The van der Waals surface area contributed by atoms with Crippen molar-refractivity contribution in [2.24, 2.45) is 0 Å². The smallest absolute Gasteiger partial charge is 0.341 e. The van der Waals surface area contributed by atoms with Gasteiger partial charge in [0.1, 0.15) is 5.56 Å². The number of unbranched alkanes of at least 4 members (excludes halogenated alkanes) is 1. The lowest BCUT2D eigenvalue weighted by Gasteiger charge is -2.20. The summed E-state index contributed by atoms with van der Waals surface area (Å²) in [5.74, 6) is 0.978. The van der Waals surface area contributed by atoms with Gasteiger partial charge in [0.15, 0.2) is 16.9 Å². The van der Waals surface area contributed by atoms with Crippen LogP contribution in [0.4, 0.5) is 0 Å². The van der Waals surface area contributed by atoms with Crippen molar-refractivity contribution < 1.29 is 28.5 Å². The van der Waals surface area contributed by atoms with Gasteiger partial charge < -0.3 is 24.3 Å². The molecule has 8 nitrogen and oxygen atoms in total. The number of hydrogen-bond donors (Lipinski definition) is 1. The third-order valence-corrected chi connectivity index (χ3v) is 6.33. The predicted molar refractivity (Wildman–Crippen MR) is 133 cm³/mol. The quantitative estimate of drug-likeness (QED) is 0.313. The molecule has 0 fully saturated rings. The van der Waals surface area contributed by atoms with E-state index in [2.05, 4.69) is 5.32 Å². The fraction of sp³-hybridized carbons (Fsp3) is 0.423. The molecule has 1 N–H and O–H groups in total. The van der Waals surface area contributed by atoms with Crippen LogP contribution in [0.3, 0.4) is 0 Å². The number of esters is 1. The number of ether oxygens (including phenoxy) is 4. The third kappa shape index (κ3) is 5.53. The molecule has 0 spiro atoms. The molecule has 0 saturated heterocycles. The van der Waals surface area contributed by atoms with Gasteiger partial charge in [-0.25, -0.2) is 4.79 Å². The first-order valence-corrected chi connectivity index (χ1v) is 11.9. The number of amides is 1. The Morgan fingerprint density at radius 3 is 2.40 bits per heavy atom. The lowest BCUT2D eigenvalue weighted by molar-refractivity contribution is -0.122. The first-order valence-electron chi connectivity index (χ1n) is 11.3. The second-order valence-electron chi connectivity index (χ2n) is 8.10. The average molecular weight is 504 g/mol. The molecule has 1 amide bonds. The summed E-state index contributed by atoms with van der Waals surface area (Å²) in [6, 6.07) is 5.94. The van der Waals surface area contributed by atoms with E-state index in [0.29, 0.717) is 65.5 Å². The van der Waals surface area contributed by atoms with Crippen LogP contribution in [-0.4, -0.2) is 46.2 Å². The van der Waals surface area contributed by atoms with Crippen molar-refractivity contribution in [3.05, 3.63) is 51.2 Å². The van der Waals surface area contributed by atoms with Crippen LogP contribution in [0.2, 0.25) is 0 Å². The van der Waals surface area contributed by atoms with Crippen LogP contribution in [0, 0.1) is 0 Å². The van der Waals surface area contributed by atoms with Crippen molar-refractivity contribution in [3.63, 3.8) is 0 Å². The Labute approximate surface area is 209 Å². The molecular formula is C26H30ClNO7. The summed E-state index contributed by atoms with van der Waals surface area (Å²) < 4.78 is 21.7. The van der Waals surface area contributed by atoms with Gasteiger partial charge >= 0.3 is 5.97 Å². The minimum absolute atomic E-state index is 0.103. The van der Waals surface area contributed by atoms with Crippen molar-refractivity contribution in [1.29, 1.82) is 0 Å². The number of rotatable bonds is 9. The van der Waals surface area contributed by atoms with Gasteiger partial charge in [0.25, 0.3) is 0 Å². The summed E-state index contributed by atoms with van der Waals surface area (Å²) in [4.78, 5) is 38.0. The Kier molecular flexibility index (Phi) is 8.98. The fourth-order valence-corrected chi connectivity index (χ4v) is 4.58. The maximum atomic E-state index is 13.0. The normalized spacial score (nSPS) is 14.1. The van der Waals surface area contributed by atoms with E-state index in [0.717, 1.165) is 12.0 Å². The summed E-state index contributed by atoms with van der Waals surface area (Å²) in [6.07, 6.45) is 2.83. The number of methoxy groups -OCH3 is 4. The number of carbonyl (C=O) groups excluding carboxylic acids is 2. The monoisotopic (exact) mass is 503 g/mol. The molecule has 1 atom stereocenters. The molecule has 0 aliphatic heterocycles. The molecule has 9 heteroatoms. The Bertz CT molecular complexity index is 1170. The number of aryl methyl sites for hydroxylation is 1. The van der Waals surface area contributed by atoms with E-state index in [1.54, 1.807) is 13.2 Å². The number of nitrogens with one attached hydrogen (secondary N) is 1. The molecule has 1 aliphatic rings. The molecule has 0 bridgehead atoms. The number of fused-ring (bicyclic) bond motifs is 3. The Hall–Kier alpha value is -3.26. The van der Waals surface area contributed by atoms with Gasteiger partial charge in [-0.05, 0) is 60.6 Å². The van der Waals surface area contributed by atoms with Crippen LogP contribution in [0.25, 0.3) is 11.1 Å². The van der Waals surface area contributed by atoms with Gasteiger partial charge in [-0.3, -0.25) is 9.59 Å². The zero-order valence-corrected chi connectivity index (χ0v) is 21.1. The van der Waals surface area contributed by atoms with Gasteiger partial charge in [-0.15, -0.1) is 11.6 Å². The lowest BCUT2D eigenvalue weighted by atomic mass is 9.95. The number of benzene rings is 1. The highest BCUT2D eigenvalue weighted by molar-refractivity contribution is 6.17. The summed E-state index contributed by atoms with van der Waals surface area (Å²) in [6.45, 7) is 0. The number of halogens is 1. The van der Waals surface area contributed by atoms with E-state index in [-0.39, 0.29) is 11.5 Å². The Morgan fingerprint density at radius 2 is 1.77 bits per heavy atom. The average Bonchev–Trinajstić information content (AvgIpc) is 3.11. The molecule has 0 unspecified atom stereocenters. The van der Waals surface area contributed by atoms with Crippen molar-refractivity contribution in [2.45, 2.75) is 38.1 Å². The van der Waals surface area contributed by atoms with Crippen molar-refractivity contribution in [1.82, 2.24) is 5.32 Å². The van der Waals surface area contributed by atoms with E-state index >= 15 is 0 Å². The van der Waals surface area contributed by atoms with Gasteiger partial charge in [-0.1, -0.05) is 6.07 Å². The standard InChI is InChI=1S/C26H30ClNO7/c1-32-21-13-15-8-11-19(28-22(30)7-5-6-12-27)18-14-20(29)17(26(31)35-4)10-9-16(18)23(15)25(34-3)24(21)33-2/h9-10,13-14,19H,5-8,11-12H2,1-4H3,(H,28,30)/t19-/m0/s1. The molecule has 0 saturated carbocycles. The van der Waals surface area contributed by atoms with Crippen LogP contribution < -0.4 is 25.0 Å². The topological polar surface area (TPSA) is 100 Å². The molecule has 188 valence electrons. The maximum absolute atomic E-state index is 13.0. The summed E-state index contributed by atoms with van der Waals surface area (Å²) in [5.41, 5.74) is 2.24. The van der Waals surface area contributed by atoms with E-state index in [1.165, 1.54) is 33.5 Å². The largest absolute Gasteiger partial charge is 0.493 e. The van der Waals surface area contributed by atoms with Crippen molar-refractivity contribution in [2.75, 3.05) is 34.3 Å². The molecule has 0 aromatic heterocycles. The summed E-state index contributed by atoms with van der Waals surface area (Å²) in [7, 11) is 5.81. The lowest BCUT2D eigenvalue weighted by Crippen LogP contribution is -2.29. The molecule has 0 heterocycles. The van der Waals surface area contributed by atoms with Crippen LogP contribution in [0.5, 0.6) is 17.2 Å². The van der Waals surface area contributed by atoms with Crippen LogP contribution in [0.15, 0.2) is 29.1 Å². The van der Waals surface area contributed by atoms with Crippen LogP contribution in [-0.2, 0) is 16.0 Å². The number of carbonyl (C=O) groups is 2. The van der Waals surface area contributed by atoms with Gasteiger partial charge in [-0.2, -0.15) is 0 Å². The third-order valence-electron chi connectivity index (χ3n) is 6.07. The second kappa shape index (κ2) is 11.9. The molecule has 2 aromatic rings. The first-order chi connectivity index (χ1) is 16.9. The van der Waals surface area contributed by atoms with E-state index < -0.39 is 17.4 Å². The Balaban J connectivity index is 2.26. The summed E-state index contributed by atoms with van der Waals surface area (Å²) in [5, 5.41) is 3.07. The van der Waals surface area contributed by atoms with Crippen molar-refractivity contribution in [3.8, 4) is 28.4 Å². The molecule has 35 heavy (non-hydrogen) atoms.